The summed E-state index contributed by atoms with van der Waals surface area (Å²) in [7, 11) is 0. The number of benzene rings is 2. The highest BCUT2D eigenvalue weighted by atomic mass is 35.5. The molecule has 0 spiro atoms. The van der Waals surface area contributed by atoms with E-state index in [1.807, 2.05) is 0 Å². The Labute approximate surface area is 235 Å². The highest BCUT2D eigenvalue weighted by Gasteiger charge is 2.64. The summed E-state index contributed by atoms with van der Waals surface area (Å²) in [6, 6.07) is 7.47. The number of rotatable bonds is 4. The molecule has 0 saturated carbocycles. The fraction of sp³-hybridized carbons (Fsp3) is 0.429. The molecular weight excluding hydrogens is 549 g/mol. The van der Waals surface area contributed by atoms with Gasteiger partial charge in [-0.3, -0.25) is 14.4 Å². The molecule has 2 heterocycles. The lowest BCUT2D eigenvalue weighted by Gasteiger charge is -2.35. The van der Waals surface area contributed by atoms with E-state index < -0.39 is 46.9 Å². The van der Waals surface area contributed by atoms with E-state index in [1.165, 1.54) is 49.1 Å². The largest absolute Gasteiger partial charge is 0.351 e. The van der Waals surface area contributed by atoms with Gasteiger partial charge in [-0.1, -0.05) is 41.4 Å². The van der Waals surface area contributed by atoms with E-state index in [0.29, 0.717) is 25.9 Å². The molecule has 2 aliphatic rings. The molecule has 0 bridgehead atoms. The second-order valence-electron chi connectivity index (χ2n) is 10.1. The molecule has 2 aromatic carbocycles. The zero-order valence-corrected chi connectivity index (χ0v) is 23.2. The van der Waals surface area contributed by atoms with Gasteiger partial charge in [-0.25, -0.2) is 8.78 Å². The van der Waals surface area contributed by atoms with Crippen LogP contribution in [-0.2, 0) is 19.8 Å². The molecule has 4 atom stereocenters. The number of halogens is 4. The van der Waals surface area contributed by atoms with Crippen molar-refractivity contribution in [2.24, 2.45) is 0 Å². The third-order valence-corrected chi connectivity index (χ3v) is 8.51. The molecule has 7 nitrogen and oxygen atoms in total. The van der Waals surface area contributed by atoms with E-state index >= 15 is 8.78 Å². The second-order valence-corrected chi connectivity index (χ2v) is 10.9. The fourth-order valence-corrected chi connectivity index (χ4v) is 6.46. The van der Waals surface area contributed by atoms with Crippen molar-refractivity contribution in [1.29, 1.82) is 5.26 Å². The third kappa shape index (κ3) is 4.96. The van der Waals surface area contributed by atoms with Gasteiger partial charge in [0.15, 0.2) is 0 Å². The van der Waals surface area contributed by atoms with Crippen LogP contribution in [0.25, 0.3) is 0 Å². The summed E-state index contributed by atoms with van der Waals surface area (Å²) >= 11 is 12.1. The number of hydrogen-bond donors (Lipinski definition) is 1. The molecule has 2 aromatic rings. The van der Waals surface area contributed by atoms with Crippen molar-refractivity contribution < 1.29 is 23.2 Å². The van der Waals surface area contributed by atoms with Gasteiger partial charge in [-0.2, -0.15) is 5.26 Å². The van der Waals surface area contributed by atoms with Crippen LogP contribution in [-0.4, -0.2) is 58.7 Å². The van der Waals surface area contributed by atoms with Gasteiger partial charge in [0.1, 0.15) is 23.1 Å². The maximum atomic E-state index is 15.7. The highest BCUT2D eigenvalue weighted by Crippen LogP contribution is 2.54. The summed E-state index contributed by atoms with van der Waals surface area (Å²) in [5, 5.41) is 13.5. The third-order valence-electron chi connectivity index (χ3n) is 7.98. The molecule has 4 rings (SSSR count). The van der Waals surface area contributed by atoms with Crippen LogP contribution in [0.15, 0.2) is 36.4 Å². The Morgan fingerprint density at radius 2 is 1.74 bits per heavy atom. The second kappa shape index (κ2) is 11.1. The monoisotopic (exact) mass is 576 g/mol. The normalized spacial score (nSPS) is 25.3. The first-order valence-electron chi connectivity index (χ1n) is 12.6. The molecule has 206 valence electrons. The van der Waals surface area contributed by atoms with E-state index in [1.54, 1.807) is 11.8 Å². The van der Waals surface area contributed by atoms with Gasteiger partial charge in [0.05, 0.1) is 17.1 Å². The minimum Gasteiger partial charge on any atom is -0.351 e. The zero-order valence-electron chi connectivity index (χ0n) is 21.7. The maximum Gasteiger partial charge on any atom is 0.243 e. The first kappa shape index (κ1) is 28.8. The number of carbonyl (C=O) groups is 3. The zero-order chi connectivity index (χ0) is 28.6. The molecule has 2 saturated heterocycles. The molecule has 1 N–H and O–H groups in total. The van der Waals surface area contributed by atoms with Gasteiger partial charge in [0.2, 0.25) is 17.7 Å². The summed E-state index contributed by atoms with van der Waals surface area (Å²) in [5.41, 5.74) is -2.06. The van der Waals surface area contributed by atoms with Gasteiger partial charge >= 0.3 is 0 Å². The standard InChI is InChI=1S/C28H28Cl2F2N4O3/c1-15-28(14-33,21-8-7-18(29)13-23(21)31)24(20-5-4-6-22(30)25(20)32)26(36(15)17(3)38)27(39)34-19-9-11-35(12-10-19)16(2)37/h4-8,13,15,19,24,26H,9-12H2,1-3H3,(H,34,39)/t15-,24-,26+,28+/m0/s1. The lowest BCUT2D eigenvalue weighted by molar-refractivity contribution is -0.139. The molecule has 2 fully saturated rings. The van der Waals surface area contributed by atoms with Crippen LogP contribution in [0.1, 0.15) is 50.7 Å². The first-order chi connectivity index (χ1) is 18.4. The Balaban J connectivity index is 1.88. The van der Waals surface area contributed by atoms with E-state index in [2.05, 4.69) is 11.4 Å². The van der Waals surface area contributed by atoms with Gasteiger partial charge in [-0.15, -0.1) is 0 Å². The molecule has 0 aromatic heterocycles. The number of nitrogens with zero attached hydrogens (tertiary/aromatic N) is 3. The Morgan fingerprint density at radius 1 is 1.08 bits per heavy atom. The van der Waals surface area contributed by atoms with Crippen LogP contribution in [0.2, 0.25) is 10.0 Å². The maximum absolute atomic E-state index is 15.7. The molecule has 39 heavy (non-hydrogen) atoms. The minimum atomic E-state index is -1.87. The number of hydrogen-bond acceptors (Lipinski definition) is 4. The first-order valence-corrected chi connectivity index (χ1v) is 13.3. The lowest BCUT2D eigenvalue weighted by atomic mass is 9.65. The average molecular weight is 577 g/mol. The summed E-state index contributed by atoms with van der Waals surface area (Å²) < 4.78 is 31.2. The molecule has 0 unspecified atom stereocenters. The number of carbonyl (C=O) groups excluding carboxylic acids is 3. The summed E-state index contributed by atoms with van der Waals surface area (Å²) in [4.78, 5) is 41.6. The number of amides is 3. The Morgan fingerprint density at radius 3 is 2.31 bits per heavy atom. The van der Waals surface area contributed by atoms with Crippen LogP contribution < -0.4 is 5.32 Å². The average Bonchev–Trinajstić information content (AvgIpc) is 3.15. The van der Waals surface area contributed by atoms with Gasteiger partial charge in [0.25, 0.3) is 0 Å². The predicted molar refractivity (Wildman–Crippen MR) is 142 cm³/mol. The number of nitriles is 1. The predicted octanol–water partition coefficient (Wildman–Crippen LogP) is 4.56. The van der Waals surface area contributed by atoms with Gasteiger partial charge in [-0.05, 0) is 43.5 Å². The van der Waals surface area contributed by atoms with Crippen LogP contribution in [0.3, 0.4) is 0 Å². The smallest absolute Gasteiger partial charge is 0.243 e. The van der Waals surface area contributed by atoms with Gasteiger partial charge < -0.3 is 15.1 Å². The summed E-state index contributed by atoms with van der Waals surface area (Å²) in [6.07, 6.45) is 0.970. The quantitative estimate of drug-likeness (QED) is 0.577. The molecule has 0 aliphatic carbocycles. The number of likely N-dealkylation sites (tertiary alicyclic amines) is 2. The molecule has 0 radical (unpaired) electrons. The van der Waals surface area contributed by atoms with Crippen molar-refractivity contribution in [3.63, 3.8) is 0 Å². The lowest BCUT2D eigenvalue weighted by Crippen LogP contribution is -2.53. The Kier molecular flexibility index (Phi) is 8.20. The molecule has 11 heteroatoms. The van der Waals surface area contributed by atoms with Crippen LogP contribution in [0, 0.1) is 23.0 Å². The van der Waals surface area contributed by atoms with Crippen molar-refractivity contribution in [1.82, 2.24) is 15.1 Å². The van der Waals surface area contributed by atoms with Crippen LogP contribution in [0.5, 0.6) is 0 Å². The van der Waals surface area contributed by atoms with E-state index in [9.17, 15) is 19.6 Å². The molecule has 2 aliphatic heterocycles. The topological polar surface area (TPSA) is 93.5 Å². The fourth-order valence-electron chi connectivity index (χ4n) is 6.12. The minimum absolute atomic E-state index is 0.0626. The van der Waals surface area contributed by atoms with Crippen molar-refractivity contribution >= 4 is 40.9 Å². The van der Waals surface area contributed by atoms with Crippen LogP contribution in [0.4, 0.5) is 8.78 Å². The molecule has 3 amide bonds. The van der Waals surface area contributed by atoms with Crippen molar-refractivity contribution in [2.75, 3.05) is 13.1 Å². The molecular formula is C28H28Cl2F2N4O3. The summed E-state index contributed by atoms with van der Waals surface area (Å²) in [6.45, 7) is 5.17. The number of nitrogens with one attached hydrogen (secondary N) is 1. The van der Waals surface area contributed by atoms with Crippen molar-refractivity contribution in [2.45, 2.75) is 63.1 Å². The van der Waals surface area contributed by atoms with Crippen molar-refractivity contribution in [3.05, 3.63) is 69.2 Å². The van der Waals surface area contributed by atoms with Crippen molar-refractivity contribution in [3.8, 4) is 6.07 Å². The number of piperidine rings is 1. The highest BCUT2D eigenvalue weighted by molar-refractivity contribution is 6.31. The van der Waals surface area contributed by atoms with E-state index in [4.69, 9.17) is 23.2 Å². The Hall–Kier alpha value is -3.22. The summed E-state index contributed by atoms with van der Waals surface area (Å²) in [5.74, 6) is -4.18. The van der Waals surface area contributed by atoms with Gasteiger partial charge in [0, 0.05) is 49.5 Å². The SMILES string of the molecule is CC(=O)N1CCC(NC(=O)[C@H]2[C@H](c3cccc(Cl)c3F)[C@@](C#N)(c3ccc(Cl)cc3F)[C@H](C)N2C(C)=O)CC1. The van der Waals surface area contributed by atoms with Crippen LogP contribution >= 0.6 is 23.2 Å². The van der Waals surface area contributed by atoms with E-state index in [-0.39, 0.29) is 33.1 Å². The van der Waals surface area contributed by atoms with E-state index in [0.717, 1.165) is 6.07 Å². The Bertz CT molecular complexity index is 1360.